The second kappa shape index (κ2) is 11.0. The molecule has 2 rings (SSSR count). The first-order chi connectivity index (χ1) is 13.9. The topological polar surface area (TPSA) is 37.3 Å². The minimum Gasteiger partial charge on any atom is -0.504 e. The van der Waals surface area contributed by atoms with E-state index in [2.05, 4.69) is 52.8 Å². The van der Waals surface area contributed by atoms with E-state index < -0.39 is 0 Å². The smallest absolute Gasteiger partial charge is 0.227 e. The van der Waals surface area contributed by atoms with Crippen LogP contribution in [0.15, 0.2) is 48.2 Å². The summed E-state index contributed by atoms with van der Waals surface area (Å²) >= 11 is 0. The van der Waals surface area contributed by atoms with Crippen molar-refractivity contribution in [3.05, 3.63) is 76.0 Å². The summed E-state index contributed by atoms with van der Waals surface area (Å²) in [6.07, 6.45) is 6.87. The molecule has 2 aromatic carbocycles. The third kappa shape index (κ3) is 5.82. The van der Waals surface area contributed by atoms with E-state index in [1.54, 1.807) is 6.08 Å². The van der Waals surface area contributed by atoms with Crippen molar-refractivity contribution in [2.45, 2.75) is 78.6 Å². The monoisotopic (exact) mass is 392 g/mol. The third-order valence-corrected chi connectivity index (χ3v) is 5.79. The highest BCUT2D eigenvalue weighted by Crippen LogP contribution is 2.29. The second-order valence-corrected chi connectivity index (χ2v) is 8.14. The van der Waals surface area contributed by atoms with Crippen molar-refractivity contribution >= 4 is 11.9 Å². The number of carbonyl (C=O) groups excluding carboxylic acids is 1. The van der Waals surface area contributed by atoms with E-state index in [0.29, 0.717) is 11.5 Å². The first kappa shape index (κ1) is 22.9. The summed E-state index contributed by atoms with van der Waals surface area (Å²) in [5.74, 6) is 0.201. The van der Waals surface area contributed by atoms with Crippen molar-refractivity contribution in [2.24, 2.45) is 0 Å². The highest BCUT2D eigenvalue weighted by molar-refractivity contribution is 6.10. The molecule has 0 saturated carbocycles. The van der Waals surface area contributed by atoms with Crippen molar-refractivity contribution in [2.75, 3.05) is 0 Å². The van der Waals surface area contributed by atoms with E-state index in [-0.39, 0.29) is 17.5 Å². The SMILES string of the molecule is CCCC(C)c1ccc(CC)cc1C=C(O)C(=O)c1ccccc1C(C)CCC. The number of benzene rings is 2. The van der Waals surface area contributed by atoms with Crippen LogP contribution in [0.2, 0.25) is 0 Å². The third-order valence-electron chi connectivity index (χ3n) is 5.79. The Hall–Kier alpha value is -2.35. The molecule has 0 fully saturated rings. The maximum atomic E-state index is 13.1. The van der Waals surface area contributed by atoms with E-state index in [0.717, 1.165) is 43.2 Å². The number of allylic oxidation sites excluding steroid dienone is 1. The van der Waals surface area contributed by atoms with Gasteiger partial charge in [-0.05, 0) is 59.4 Å². The minimum atomic E-state index is -0.292. The fourth-order valence-electron chi connectivity index (χ4n) is 4.08. The first-order valence-corrected chi connectivity index (χ1v) is 11.1. The van der Waals surface area contributed by atoms with Crippen LogP contribution in [-0.4, -0.2) is 10.9 Å². The largest absolute Gasteiger partial charge is 0.504 e. The Morgan fingerprint density at radius 2 is 1.55 bits per heavy atom. The van der Waals surface area contributed by atoms with Crippen LogP contribution in [0.1, 0.15) is 105 Å². The van der Waals surface area contributed by atoms with Gasteiger partial charge in [0, 0.05) is 5.56 Å². The molecule has 2 heteroatoms. The lowest BCUT2D eigenvalue weighted by molar-refractivity contribution is 0.0979. The van der Waals surface area contributed by atoms with Gasteiger partial charge in [-0.3, -0.25) is 4.79 Å². The lowest BCUT2D eigenvalue weighted by Gasteiger charge is -2.17. The summed E-state index contributed by atoms with van der Waals surface area (Å²) in [5.41, 5.74) is 4.98. The van der Waals surface area contributed by atoms with Gasteiger partial charge in [0.25, 0.3) is 0 Å². The van der Waals surface area contributed by atoms with Gasteiger partial charge in [-0.15, -0.1) is 0 Å². The number of aliphatic hydroxyl groups excluding tert-OH is 1. The van der Waals surface area contributed by atoms with Crippen LogP contribution in [0, 0.1) is 0 Å². The van der Waals surface area contributed by atoms with E-state index in [4.69, 9.17) is 0 Å². The van der Waals surface area contributed by atoms with Crippen LogP contribution in [0.4, 0.5) is 0 Å². The molecule has 0 aliphatic rings. The average Bonchev–Trinajstić information content (AvgIpc) is 2.73. The molecule has 0 radical (unpaired) electrons. The minimum absolute atomic E-state index is 0.181. The Bertz CT molecular complexity index is 847. The van der Waals surface area contributed by atoms with Crippen molar-refractivity contribution in [1.82, 2.24) is 0 Å². The molecule has 0 aliphatic carbocycles. The van der Waals surface area contributed by atoms with Gasteiger partial charge in [0.2, 0.25) is 5.78 Å². The Morgan fingerprint density at radius 3 is 2.17 bits per heavy atom. The van der Waals surface area contributed by atoms with Gasteiger partial charge in [-0.2, -0.15) is 0 Å². The maximum Gasteiger partial charge on any atom is 0.227 e. The molecule has 29 heavy (non-hydrogen) atoms. The zero-order valence-corrected chi connectivity index (χ0v) is 18.7. The highest BCUT2D eigenvalue weighted by Gasteiger charge is 2.19. The lowest BCUT2D eigenvalue weighted by Crippen LogP contribution is -2.09. The number of rotatable bonds is 10. The molecule has 2 unspecified atom stereocenters. The van der Waals surface area contributed by atoms with Gasteiger partial charge >= 0.3 is 0 Å². The zero-order chi connectivity index (χ0) is 21.4. The van der Waals surface area contributed by atoms with Crippen molar-refractivity contribution in [1.29, 1.82) is 0 Å². The summed E-state index contributed by atoms with van der Waals surface area (Å²) in [6, 6.07) is 14.1. The van der Waals surface area contributed by atoms with Gasteiger partial charge in [0.1, 0.15) is 0 Å². The predicted molar refractivity (Wildman–Crippen MR) is 124 cm³/mol. The summed E-state index contributed by atoms with van der Waals surface area (Å²) < 4.78 is 0. The quantitative estimate of drug-likeness (QED) is 0.254. The Balaban J connectivity index is 2.45. The number of Topliss-reactive ketones (excluding diaryl/α,β-unsaturated/α-hetero) is 1. The molecule has 0 saturated heterocycles. The van der Waals surface area contributed by atoms with E-state index in [1.807, 2.05) is 24.3 Å². The standard InChI is InChI=1S/C27H36O2/c1-6-11-19(4)23-16-15-21(8-3)17-22(23)18-26(28)27(29)25-14-10-9-13-24(25)20(5)12-7-2/h9-10,13-20,28H,6-8,11-12H2,1-5H3. The van der Waals surface area contributed by atoms with E-state index in [1.165, 1.54) is 11.1 Å². The molecule has 2 atom stereocenters. The predicted octanol–water partition coefficient (Wildman–Crippen LogP) is 7.84. The normalized spacial score (nSPS) is 13.9. The van der Waals surface area contributed by atoms with Crippen LogP contribution in [0.5, 0.6) is 0 Å². The van der Waals surface area contributed by atoms with Crippen molar-refractivity contribution < 1.29 is 9.90 Å². The number of aryl methyl sites for hydroxylation is 1. The van der Waals surface area contributed by atoms with Gasteiger partial charge < -0.3 is 5.11 Å². The summed E-state index contributed by atoms with van der Waals surface area (Å²) in [6.45, 7) is 10.8. The van der Waals surface area contributed by atoms with Crippen LogP contribution >= 0.6 is 0 Å². The van der Waals surface area contributed by atoms with Crippen molar-refractivity contribution in [3.63, 3.8) is 0 Å². The molecule has 0 aliphatic heterocycles. The van der Waals surface area contributed by atoms with E-state index >= 15 is 0 Å². The number of hydrogen-bond acceptors (Lipinski definition) is 2. The van der Waals surface area contributed by atoms with E-state index in [9.17, 15) is 9.90 Å². The molecule has 0 aromatic heterocycles. The molecule has 1 N–H and O–H groups in total. The van der Waals surface area contributed by atoms with Crippen LogP contribution in [0.25, 0.3) is 6.08 Å². The first-order valence-electron chi connectivity index (χ1n) is 11.1. The number of aliphatic hydroxyl groups is 1. The molecule has 0 spiro atoms. The summed E-state index contributed by atoms with van der Waals surface area (Å²) in [7, 11) is 0. The highest BCUT2D eigenvalue weighted by atomic mass is 16.3. The molecular weight excluding hydrogens is 356 g/mol. The molecule has 0 heterocycles. The Kier molecular flexibility index (Phi) is 8.70. The molecular formula is C27H36O2. The zero-order valence-electron chi connectivity index (χ0n) is 18.7. The van der Waals surface area contributed by atoms with Gasteiger partial charge in [-0.25, -0.2) is 0 Å². The molecule has 2 nitrogen and oxygen atoms in total. The average molecular weight is 393 g/mol. The van der Waals surface area contributed by atoms with Crippen LogP contribution in [0.3, 0.4) is 0 Å². The summed E-state index contributed by atoms with van der Waals surface area (Å²) in [4.78, 5) is 13.1. The second-order valence-electron chi connectivity index (χ2n) is 8.14. The molecule has 0 amide bonds. The number of ketones is 1. The van der Waals surface area contributed by atoms with Crippen molar-refractivity contribution in [3.8, 4) is 0 Å². The Morgan fingerprint density at radius 1 is 0.931 bits per heavy atom. The maximum absolute atomic E-state index is 13.1. The molecule has 156 valence electrons. The number of carbonyl (C=O) groups is 1. The fourth-order valence-corrected chi connectivity index (χ4v) is 4.08. The van der Waals surface area contributed by atoms with Gasteiger partial charge in [-0.1, -0.05) is 89.9 Å². The fraction of sp³-hybridized carbons (Fsp3) is 0.444. The van der Waals surface area contributed by atoms with Gasteiger partial charge in [0.15, 0.2) is 5.76 Å². The lowest BCUT2D eigenvalue weighted by atomic mass is 9.88. The van der Waals surface area contributed by atoms with Crippen LogP contribution < -0.4 is 0 Å². The molecule has 2 aromatic rings. The van der Waals surface area contributed by atoms with Crippen LogP contribution in [-0.2, 0) is 6.42 Å². The number of hydrogen-bond donors (Lipinski definition) is 1. The summed E-state index contributed by atoms with van der Waals surface area (Å²) in [5, 5.41) is 10.8. The Labute approximate surface area is 176 Å². The molecule has 0 bridgehead atoms. The van der Waals surface area contributed by atoms with Gasteiger partial charge in [0.05, 0.1) is 0 Å².